The highest BCUT2D eigenvalue weighted by Gasteiger charge is 2.44. The van der Waals surface area contributed by atoms with Crippen LogP contribution in [0.5, 0.6) is 0 Å². The summed E-state index contributed by atoms with van der Waals surface area (Å²) in [6, 6.07) is 12.9. The molecule has 4 rings (SSSR count). The maximum Gasteiger partial charge on any atom is 0.453 e. The number of carbonyl (C=O) groups is 1. The van der Waals surface area contributed by atoms with Crippen LogP contribution in [0.2, 0.25) is 5.02 Å². The van der Waals surface area contributed by atoms with E-state index in [1.165, 1.54) is 0 Å². The summed E-state index contributed by atoms with van der Waals surface area (Å²) in [7, 11) is 0. The van der Waals surface area contributed by atoms with Gasteiger partial charge in [-0.2, -0.15) is 13.2 Å². The molecule has 1 aliphatic heterocycles. The van der Waals surface area contributed by atoms with Gasteiger partial charge in [-0.1, -0.05) is 65.3 Å². The van der Waals surface area contributed by atoms with E-state index in [0.717, 1.165) is 22.0 Å². The van der Waals surface area contributed by atoms with Crippen LogP contribution in [0.3, 0.4) is 0 Å². The van der Waals surface area contributed by atoms with E-state index in [0.29, 0.717) is 16.1 Å². The Kier molecular flexibility index (Phi) is 5.04. The number of halogens is 4. The number of ketones is 1. The summed E-state index contributed by atoms with van der Waals surface area (Å²) in [5, 5.41) is 6.61. The van der Waals surface area contributed by atoms with Crippen LogP contribution in [0.4, 0.5) is 13.2 Å². The lowest BCUT2D eigenvalue weighted by molar-refractivity contribution is -0.147. The van der Waals surface area contributed by atoms with Gasteiger partial charge in [0.1, 0.15) is 5.25 Å². The normalized spacial score (nSPS) is 18.8. The van der Waals surface area contributed by atoms with Gasteiger partial charge in [-0.25, -0.2) is 4.68 Å². The predicted octanol–water partition coefficient (Wildman–Crippen LogP) is 4.90. The van der Waals surface area contributed by atoms with Gasteiger partial charge in [0.25, 0.3) is 5.82 Å². The number of nitrogens with one attached hydrogen (secondary N) is 1. The Hall–Kier alpha value is -2.52. The molecule has 0 bridgehead atoms. The largest absolute Gasteiger partial charge is 0.453 e. The first-order chi connectivity index (χ1) is 13.7. The van der Waals surface area contributed by atoms with Crippen LogP contribution in [0, 0.1) is 6.92 Å². The zero-order valence-corrected chi connectivity index (χ0v) is 16.5. The van der Waals surface area contributed by atoms with E-state index in [1.807, 2.05) is 19.1 Å². The molecule has 10 heteroatoms. The molecule has 0 amide bonds. The van der Waals surface area contributed by atoms with Crippen LogP contribution in [0.25, 0.3) is 0 Å². The Labute approximate surface area is 173 Å². The number of rotatable bonds is 3. The summed E-state index contributed by atoms with van der Waals surface area (Å²) in [5.74, 6) is -1.38. The number of thioether (sulfide) groups is 1. The van der Waals surface area contributed by atoms with Gasteiger partial charge >= 0.3 is 6.18 Å². The van der Waals surface area contributed by atoms with E-state index in [2.05, 4.69) is 15.6 Å². The smallest absolute Gasteiger partial charge is 0.313 e. The number of carbonyl (C=O) groups excluding carboxylic acids is 1. The summed E-state index contributed by atoms with van der Waals surface area (Å²) in [6.45, 7) is 1.91. The summed E-state index contributed by atoms with van der Waals surface area (Å²) < 4.78 is 40.7. The van der Waals surface area contributed by atoms with Crippen molar-refractivity contribution in [2.45, 2.75) is 29.5 Å². The van der Waals surface area contributed by atoms with Gasteiger partial charge < -0.3 is 5.43 Å². The number of fused-ring (bicyclic) bond motifs is 1. The molecule has 1 N–H and O–H groups in total. The van der Waals surface area contributed by atoms with E-state index >= 15 is 0 Å². The van der Waals surface area contributed by atoms with Gasteiger partial charge in [-0.05, 0) is 24.6 Å². The Balaban J connectivity index is 1.77. The van der Waals surface area contributed by atoms with Crippen molar-refractivity contribution in [3.8, 4) is 0 Å². The number of hydrogen-bond acceptors (Lipinski definition) is 5. The van der Waals surface area contributed by atoms with E-state index in [4.69, 9.17) is 11.6 Å². The first-order valence-corrected chi connectivity index (χ1v) is 9.82. The molecule has 3 aromatic rings. The molecule has 0 saturated carbocycles. The second-order valence-electron chi connectivity index (χ2n) is 6.57. The average molecular weight is 439 g/mol. The topological polar surface area (TPSA) is 59.8 Å². The van der Waals surface area contributed by atoms with Crippen molar-refractivity contribution in [2.75, 3.05) is 5.43 Å². The van der Waals surface area contributed by atoms with E-state index in [9.17, 15) is 18.0 Å². The van der Waals surface area contributed by atoms with Crippen LogP contribution in [0.15, 0.2) is 53.7 Å². The van der Waals surface area contributed by atoms with Crippen LogP contribution in [-0.4, -0.2) is 25.9 Å². The maximum atomic E-state index is 13.3. The number of benzene rings is 2. The molecule has 0 spiro atoms. The summed E-state index contributed by atoms with van der Waals surface area (Å²) in [4.78, 5) is 13.2. The molecule has 0 radical (unpaired) electrons. The highest BCUT2D eigenvalue weighted by molar-refractivity contribution is 8.00. The molecule has 29 heavy (non-hydrogen) atoms. The average Bonchev–Trinajstić information content (AvgIpc) is 3.11. The number of aryl methyl sites for hydroxylation is 1. The minimum absolute atomic E-state index is 0.0204. The standard InChI is InChI=1S/C19H14ClF3N4OS/c1-10-2-4-12(5-3-10)15(28)16-14(11-6-8-13(20)9-7-11)26-27-17(19(21,22)23)24-25-18(27)29-16/h2-9,14,16,26H,1H3/t14-,16-/m1/s1. The summed E-state index contributed by atoms with van der Waals surface area (Å²) in [6.07, 6.45) is -4.68. The fraction of sp³-hybridized carbons (Fsp3) is 0.211. The van der Waals surface area contributed by atoms with Gasteiger partial charge in [0.2, 0.25) is 5.16 Å². The van der Waals surface area contributed by atoms with Crippen LogP contribution < -0.4 is 5.43 Å². The predicted molar refractivity (Wildman–Crippen MR) is 104 cm³/mol. The quantitative estimate of drug-likeness (QED) is 0.589. The third kappa shape index (κ3) is 3.84. The van der Waals surface area contributed by atoms with Crippen LogP contribution in [0.1, 0.15) is 33.4 Å². The SMILES string of the molecule is Cc1ccc(C(=O)[C@@H]2Sc3nnc(C(F)(F)F)n3N[C@@H]2c2ccc(Cl)cc2)cc1. The van der Waals surface area contributed by atoms with Gasteiger partial charge in [0, 0.05) is 10.6 Å². The summed E-state index contributed by atoms with van der Waals surface area (Å²) >= 11 is 6.89. The second-order valence-corrected chi connectivity index (χ2v) is 8.11. The molecule has 0 fully saturated rings. The zero-order valence-electron chi connectivity index (χ0n) is 14.9. The number of Topliss-reactive ketones (excluding diaryl/α,β-unsaturated/α-hetero) is 1. The van der Waals surface area contributed by atoms with Crippen molar-refractivity contribution in [3.63, 3.8) is 0 Å². The molecule has 0 aliphatic carbocycles. The molecule has 2 aromatic carbocycles. The number of hydrogen-bond donors (Lipinski definition) is 1. The maximum absolute atomic E-state index is 13.3. The van der Waals surface area contributed by atoms with Crippen LogP contribution in [-0.2, 0) is 6.18 Å². The molecule has 2 atom stereocenters. The summed E-state index contributed by atoms with van der Waals surface area (Å²) in [5.41, 5.74) is 4.88. The molecular formula is C19H14ClF3N4OS. The van der Waals surface area contributed by atoms with Crippen molar-refractivity contribution in [1.29, 1.82) is 0 Å². The van der Waals surface area contributed by atoms with Crippen LogP contribution >= 0.6 is 23.4 Å². The minimum Gasteiger partial charge on any atom is -0.313 e. The molecule has 0 saturated heterocycles. The number of nitrogens with zero attached hydrogens (tertiary/aromatic N) is 3. The van der Waals surface area contributed by atoms with E-state index in [1.54, 1.807) is 36.4 Å². The lowest BCUT2D eigenvalue weighted by Crippen LogP contribution is -2.40. The minimum atomic E-state index is -4.68. The van der Waals surface area contributed by atoms with Gasteiger partial charge in [-0.3, -0.25) is 4.79 Å². The third-order valence-corrected chi connectivity index (χ3v) is 5.98. The Morgan fingerprint density at radius 1 is 1.10 bits per heavy atom. The Morgan fingerprint density at radius 2 is 1.76 bits per heavy atom. The molecule has 1 aromatic heterocycles. The molecular weight excluding hydrogens is 425 g/mol. The molecule has 150 valence electrons. The Bertz CT molecular complexity index is 1050. The van der Waals surface area contributed by atoms with Crippen molar-refractivity contribution >= 4 is 29.1 Å². The molecule has 5 nitrogen and oxygen atoms in total. The molecule has 1 aliphatic rings. The Morgan fingerprint density at radius 3 is 2.38 bits per heavy atom. The van der Waals surface area contributed by atoms with Crippen molar-refractivity contribution < 1.29 is 18.0 Å². The second kappa shape index (κ2) is 7.38. The van der Waals surface area contributed by atoms with E-state index < -0.39 is 23.3 Å². The van der Waals surface area contributed by atoms with Gasteiger partial charge in [0.15, 0.2) is 5.78 Å². The third-order valence-electron chi connectivity index (χ3n) is 4.51. The van der Waals surface area contributed by atoms with Crippen molar-refractivity contribution in [2.24, 2.45) is 0 Å². The lowest BCUT2D eigenvalue weighted by Gasteiger charge is -2.33. The fourth-order valence-corrected chi connectivity index (χ4v) is 4.32. The highest BCUT2D eigenvalue weighted by Crippen LogP contribution is 2.41. The monoisotopic (exact) mass is 438 g/mol. The first-order valence-electron chi connectivity index (χ1n) is 8.56. The zero-order chi connectivity index (χ0) is 20.8. The lowest BCUT2D eigenvalue weighted by atomic mass is 9.97. The number of alkyl halides is 3. The van der Waals surface area contributed by atoms with Gasteiger partial charge in [-0.15, -0.1) is 10.2 Å². The first kappa shape index (κ1) is 19.8. The van der Waals surface area contributed by atoms with Gasteiger partial charge in [0.05, 0.1) is 6.04 Å². The molecule has 2 heterocycles. The fourth-order valence-electron chi connectivity index (χ4n) is 3.04. The van der Waals surface area contributed by atoms with E-state index in [-0.39, 0.29) is 10.9 Å². The number of aromatic nitrogens is 3. The van der Waals surface area contributed by atoms with Crippen molar-refractivity contribution in [1.82, 2.24) is 14.9 Å². The van der Waals surface area contributed by atoms with Crippen molar-refractivity contribution in [3.05, 3.63) is 76.1 Å². The highest BCUT2D eigenvalue weighted by atomic mass is 35.5. The molecule has 0 unspecified atom stereocenters.